The number of nitrogens with two attached hydrogens (primary N) is 1. The van der Waals surface area contributed by atoms with E-state index in [0.29, 0.717) is 30.7 Å². The average molecular weight is 459 g/mol. The van der Waals surface area contributed by atoms with Crippen molar-refractivity contribution < 1.29 is 13.5 Å². The lowest BCUT2D eigenvalue weighted by Gasteiger charge is -2.10. The molecule has 0 bridgehead atoms. The Morgan fingerprint density at radius 1 is 1.26 bits per heavy atom. The SMILES string of the molecule is N[C@@H](CCOC(F)F)Cc1sc2c(NCc3ccncc3)nnnc2c1Br. The second-order valence-electron chi connectivity index (χ2n) is 5.75. The number of nitrogens with one attached hydrogen (secondary N) is 1. The van der Waals surface area contributed by atoms with E-state index in [2.05, 4.69) is 46.4 Å². The Labute approximate surface area is 166 Å². The largest absolute Gasteiger partial charge is 0.363 e. The predicted molar refractivity (Wildman–Crippen MR) is 103 cm³/mol. The molecular weight excluding hydrogens is 442 g/mol. The Balaban J connectivity index is 1.71. The average Bonchev–Trinajstić information content (AvgIpc) is 2.97. The van der Waals surface area contributed by atoms with E-state index in [1.54, 1.807) is 12.4 Å². The Morgan fingerprint density at radius 2 is 2.04 bits per heavy atom. The molecule has 0 aliphatic heterocycles. The third-order valence-electron chi connectivity index (χ3n) is 3.79. The van der Waals surface area contributed by atoms with E-state index < -0.39 is 6.61 Å². The minimum atomic E-state index is -2.77. The number of rotatable bonds is 9. The molecule has 3 aromatic heterocycles. The number of fused-ring (bicyclic) bond motifs is 1. The summed E-state index contributed by atoms with van der Waals surface area (Å²) in [5.41, 5.74) is 7.80. The Kier molecular flexibility index (Phi) is 6.94. The van der Waals surface area contributed by atoms with Crippen LogP contribution in [0.25, 0.3) is 10.2 Å². The minimum Gasteiger partial charge on any atom is -0.363 e. The van der Waals surface area contributed by atoms with Crippen LogP contribution in [-0.2, 0) is 17.7 Å². The summed E-state index contributed by atoms with van der Waals surface area (Å²) in [5, 5.41) is 15.3. The molecule has 0 fully saturated rings. The molecule has 0 saturated carbocycles. The van der Waals surface area contributed by atoms with Gasteiger partial charge >= 0.3 is 6.61 Å². The van der Waals surface area contributed by atoms with Crippen LogP contribution in [0.2, 0.25) is 0 Å². The van der Waals surface area contributed by atoms with Gasteiger partial charge in [0, 0.05) is 29.9 Å². The lowest BCUT2D eigenvalue weighted by molar-refractivity contribution is -0.129. The molecular formula is C16H17BrF2N6OS. The van der Waals surface area contributed by atoms with Gasteiger partial charge in [0.15, 0.2) is 5.82 Å². The number of anilines is 1. The van der Waals surface area contributed by atoms with Crippen molar-refractivity contribution >= 4 is 43.3 Å². The van der Waals surface area contributed by atoms with Gasteiger partial charge in [-0.2, -0.15) is 8.78 Å². The van der Waals surface area contributed by atoms with Gasteiger partial charge in [0.2, 0.25) is 0 Å². The van der Waals surface area contributed by atoms with Crippen LogP contribution >= 0.6 is 27.3 Å². The second kappa shape index (κ2) is 9.40. The molecule has 0 aliphatic carbocycles. The van der Waals surface area contributed by atoms with Crippen LogP contribution in [0.1, 0.15) is 16.9 Å². The summed E-state index contributed by atoms with van der Waals surface area (Å²) < 4.78 is 30.0. The van der Waals surface area contributed by atoms with Crippen LogP contribution < -0.4 is 11.1 Å². The zero-order valence-electron chi connectivity index (χ0n) is 14.1. The molecule has 0 spiro atoms. The van der Waals surface area contributed by atoms with Gasteiger partial charge in [-0.05, 0) is 51.7 Å². The van der Waals surface area contributed by atoms with Crippen molar-refractivity contribution in [3.05, 3.63) is 39.4 Å². The third kappa shape index (κ3) is 5.34. The van der Waals surface area contributed by atoms with Crippen molar-refractivity contribution in [3.63, 3.8) is 0 Å². The Morgan fingerprint density at radius 3 is 2.78 bits per heavy atom. The van der Waals surface area contributed by atoms with Gasteiger partial charge in [-0.25, -0.2) is 0 Å². The van der Waals surface area contributed by atoms with Crippen LogP contribution in [0.3, 0.4) is 0 Å². The van der Waals surface area contributed by atoms with Crippen LogP contribution in [0.4, 0.5) is 14.6 Å². The van der Waals surface area contributed by atoms with Crippen molar-refractivity contribution in [1.82, 2.24) is 20.4 Å². The molecule has 144 valence electrons. The quantitative estimate of drug-likeness (QED) is 0.506. The molecule has 0 aliphatic rings. The lowest BCUT2D eigenvalue weighted by Crippen LogP contribution is -2.24. The highest BCUT2D eigenvalue weighted by Crippen LogP contribution is 2.37. The summed E-state index contributed by atoms with van der Waals surface area (Å²) in [5.74, 6) is 0.628. The molecule has 7 nitrogen and oxygen atoms in total. The lowest BCUT2D eigenvalue weighted by atomic mass is 10.1. The fourth-order valence-electron chi connectivity index (χ4n) is 2.44. The number of hydrogen-bond acceptors (Lipinski definition) is 8. The molecule has 3 rings (SSSR count). The van der Waals surface area contributed by atoms with Crippen LogP contribution in [-0.4, -0.2) is 39.7 Å². The van der Waals surface area contributed by atoms with E-state index in [0.717, 1.165) is 19.6 Å². The molecule has 0 aromatic carbocycles. The van der Waals surface area contributed by atoms with Crippen molar-refractivity contribution in [2.45, 2.75) is 32.0 Å². The van der Waals surface area contributed by atoms with Gasteiger partial charge < -0.3 is 15.8 Å². The first-order valence-corrected chi connectivity index (χ1v) is 9.74. The maximum Gasteiger partial charge on any atom is 0.345 e. The fraction of sp³-hybridized carbons (Fsp3) is 0.375. The van der Waals surface area contributed by atoms with E-state index in [1.807, 2.05) is 12.1 Å². The number of nitrogens with zero attached hydrogens (tertiary/aromatic N) is 4. The monoisotopic (exact) mass is 458 g/mol. The molecule has 3 N–H and O–H groups in total. The van der Waals surface area contributed by atoms with Crippen molar-refractivity contribution in [3.8, 4) is 0 Å². The minimum absolute atomic E-state index is 0.0819. The standard InChI is InChI=1S/C16H17BrF2N6OS/c17-12-11(7-10(20)3-6-26-16(18)19)27-14-13(12)23-25-24-15(14)22-8-9-1-4-21-5-2-9/h1-2,4-5,10,16H,3,6-8,20H2,(H,22,23,24)/t10-/m0/s1. The van der Waals surface area contributed by atoms with Gasteiger partial charge in [0.1, 0.15) is 10.2 Å². The highest BCUT2D eigenvalue weighted by molar-refractivity contribution is 9.10. The van der Waals surface area contributed by atoms with Gasteiger partial charge in [-0.1, -0.05) is 0 Å². The zero-order chi connectivity index (χ0) is 19.2. The van der Waals surface area contributed by atoms with Crippen LogP contribution in [0, 0.1) is 0 Å². The number of alkyl halides is 2. The summed E-state index contributed by atoms with van der Waals surface area (Å²) in [6, 6.07) is 3.52. The predicted octanol–water partition coefficient (Wildman–Crippen LogP) is 3.36. The topological polar surface area (TPSA) is 98.8 Å². The van der Waals surface area contributed by atoms with Gasteiger partial charge in [-0.3, -0.25) is 4.98 Å². The number of halogens is 3. The van der Waals surface area contributed by atoms with Crippen LogP contribution in [0.5, 0.6) is 0 Å². The number of ether oxygens (including phenoxy) is 1. The van der Waals surface area contributed by atoms with Crippen molar-refractivity contribution in [2.75, 3.05) is 11.9 Å². The smallest absolute Gasteiger partial charge is 0.345 e. The number of thiophene rings is 1. The van der Waals surface area contributed by atoms with Crippen LogP contribution in [0.15, 0.2) is 29.0 Å². The molecule has 3 heterocycles. The first-order chi connectivity index (χ1) is 13.0. The fourth-order valence-corrected chi connectivity index (χ4v) is 4.43. The molecule has 0 radical (unpaired) electrons. The molecule has 0 saturated heterocycles. The second-order valence-corrected chi connectivity index (χ2v) is 7.65. The molecule has 27 heavy (non-hydrogen) atoms. The van der Waals surface area contributed by atoms with Crippen molar-refractivity contribution in [2.24, 2.45) is 5.73 Å². The highest BCUT2D eigenvalue weighted by atomic mass is 79.9. The number of pyridine rings is 1. The summed E-state index contributed by atoms with van der Waals surface area (Å²) in [6.45, 7) is -2.28. The highest BCUT2D eigenvalue weighted by Gasteiger charge is 2.18. The Hall–Kier alpha value is -1.82. The summed E-state index contributed by atoms with van der Waals surface area (Å²) in [4.78, 5) is 4.95. The maximum atomic E-state index is 12.1. The summed E-state index contributed by atoms with van der Waals surface area (Å²) in [6.07, 6.45) is 4.30. The van der Waals surface area contributed by atoms with Gasteiger partial charge in [-0.15, -0.1) is 21.5 Å². The molecule has 11 heteroatoms. The van der Waals surface area contributed by atoms with E-state index in [-0.39, 0.29) is 12.6 Å². The molecule has 3 aromatic rings. The van der Waals surface area contributed by atoms with Gasteiger partial charge in [0.25, 0.3) is 0 Å². The molecule has 0 amide bonds. The van der Waals surface area contributed by atoms with E-state index in [9.17, 15) is 8.78 Å². The summed E-state index contributed by atoms with van der Waals surface area (Å²) >= 11 is 5.04. The van der Waals surface area contributed by atoms with E-state index in [4.69, 9.17) is 5.73 Å². The first kappa shape index (κ1) is 19.9. The van der Waals surface area contributed by atoms with Crippen molar-refractivity contribution in [1.29, 1.82) is 0 Å². The third-order valence-corrected chi connectivity index (χ3v) is 6.11. The van der Waals surface area contributed by atoms with E-state index in [1.165, 1.54) is 11.3 Å². The normalized spacial score (nSPS) is 12.6. The zero-order valence-corrected chi connectivity index (χ0v) is 16.5. The molecule has 0 unspecified atom stereocenters. The summed E-state index contributed by atoms with van der Waals surface area (Å²) in [7, 11) is 0. The first-order valence-electron chi connectivity index (χ1n) is 8.13. The number of aromatic nitrogens is 4. The Bertz CT molecular complexity index is 882. The van der Waals surface area contributed by atoms with E-state index >= 15 is 0 Å². The van der Waals surface area contributed by atoms with Gasteiger partial charge in [0.05, 0.1) is 11.1 Å². The number of hydrogen-bond donors (Lipinski definition) is 2. The molecule has 1 atom stereocenters. The maximum absolute atomic E-state index is 12.1.